The van der Waals surface area contributed by atoms with E-state index in [1.807, 2.05) is 69.3 Å². The third-order valence-electron chi connectivity index (χ3n) is 7.60. The molecule has 47 heavy (non-hydrogen) atoms. The minimum absolute atomic E-state index is 0.143. The second kappa shape index (κ2) is 16.8. The molecule has 6 nitrogen and oxygen atoms in total. The third-order valence-corrected chi connectivity index (χ3v) is 8.11. The number of hydrogen-bond acceptors (Lipinski definition) is 6. The monoisotopic (exact) mass is 675 g/mol. The molecular formula is C39H43Cl2NO5. The van der Waals surface area contributed by atoms with Crippen LogP contribution in [0.2, 0.25) is 10.0 Å². The Labute approximate surface area is 288 Å². The molecule has 4 aromatic rings. The van der Waals surface area contributed by atoms with Gasteiger partial charge in [-0.3, -0.25) is 4.79 Å². The summed E-state index contributed by atoms with van der Waals surface area (Å²) in [6, 6.07) is 30.5. The lowest BCUT2D eigenvalue weighted by atomic mass is 9.91. The van der Waals surface area contributed by atoms with Crippen LogP contribution in [0, 0.1) is 0 Å². The summed E-state index contributed by atoms with van der Waals surface area (Å²) in [4.78, 5) is 27.2. The van der Waals surface area contributed by atoms with Crippen LogP contribution in [0.4, 0.5) is 0 Å². The van der Waals surface area contributed by atoms with Crippen molar-refractivity contribution < 1.29 is 23.8 Å². The predicted molar refractivity (Wildman–Crippen MR) is 189 cm³/mol. The molecule has 4 aromatic carbocycles. The molecule has 1 atom stereocenters. The summed E-state index contributed by atoms with van der Waals surface area (Å²) in [5, 5.41) is 1.45. The van der Waals surface area contributed by atoms with Gasteiger partial charge in [0.1, 0.15) is 17.1 Å². The van der Waals surface area contributed by atoms with E-state index in [9.17, 15) is 9.59 Å². The number of likely N-dealkylation sites (N-methyl/N-ethyl adjacent to an activating group) is 1. The third kappa shape index (κ3) is 11.7. The van der Waals surface area contributed by atoms with Crippen LogP contribution >= 0.6 is 23.2 Å². The van der Waals surface area contributed by atoms with Gasteiger partial charge in [0.25, 0.3) is 0 Å². The number of ketones is 1. The van der Waals surface area contributed by atoms with Crippen LogP contribution < -0.4 is 9.47 Å². The van der Waals surface area contributed by atoms with Crippen LogP contribution in [0.3, 0.4) is 0 Å². The Bertz CT molecular complexity index is 1540. The van der Waals surface area contributed by atoms with Crippen LogP contribution in [-0.2, 0) is 16.0 Å². The number of nitrogens with zero attached hydrogens (tertiary/aromatic N) is 1. The van der Waals surface area contributed by atoms with Gasteiger partial charge in [0.2, 0.25) is 5.78 Å². The van der Waals surface area contributed by atoms with Gasteiger partial charge in [0.15, 0.2) is 12.7 Å². The zero-order chi connectivity index (χ0) is 34.0. The van der Waals surface area contributed by atoms with Crippen LogP contribution in [0.25, 0.3) is 0 Å². The molecule has 0 amide bonds. The van der Waals surface area contributed by atoms with Gasteiger partial charge in [-0.05, 0) is 131 Å². The van der Waals surface area contributed by atoms with Gasteiger partial charge >= 0.3 is 5.97 Å². The van der Waals surface area contributed by atoms with E-state index in [4.69, 9.17) is 37.4 Å². The Hall–Kier alpha value is -3.84. The number of aryl methyl sites for hydroxylation is 1. The molecule has 1 unspecified atom stereocenters. The van der Waals surface area contributed by atoms with Gasteiger partial charge < -0.3 is 19.1 Å². The molecule has 248 valence electrons. The molecule has 0 N–H and O–H groups in total. The molecule has 0 aliphatic heterocycles. The number of carbonyl (C=O) groups excluding carboxylic acids is 2. The lowest BCUT2D eigenvalue weighted by Crippen LogP contribution is -2.29. The number of carbonyl (C=O) groups is 2. The number of esters is 1. The second-order valence-electron chi connectivity index (χ2n) is 12.7. The molecule has 4 rings (SSSR count). The number of rotatable bonds is 15. The molecule has 0 saturated heterocycles. The second-order valence-corrected chi connectivity index (χ2v) is 13.6. The zero-order valence-corrected chi connectivity index (χ0v) is 29.2. The van der Waals surface area contributed by atoms with Crippen molar-refractivity contribution in [3.05, 3.63) is 129 Å². The molecular weight excluding hydrogens is 633 g/mol. The van der Waals surface area contributed by atoms with Gasteiger partial charge in [-0.25, -0.2) is 4.79 Å². The summed E-state index contributed by atoms with van der Waals surface area (Å²) in [5.41, 5.74) is 3.48. The Kier molecular flexibility index (Phi) is 12.9. The lowest BCUT2D eigenvalue weighted by Gasteiger charge is -2.25. The average Bonchev–Trinajstić information content (AvgIpc) is 3.03. The van der Waals surface area contributed by atoms with E-state index >= 15 is 0 Å². The number of Topliss-reactive ketones (excluding diaryl/α,β-unsaturated/α-hetero) is 1. The summed E-state index contributed by atoms with van der Waals surface area (Å²) < 4.78 is 16.9. The van der Waals surface area contributed by atoms with Crippen molar-refractivity contribution >= 4 is 35.0 Å². The minimum atomic E-state index is -0.676. The number of benzene rings is 4. The Balaban J connectivity index is 1.21. The number of ether oxygens (including phenoxy) is 3. The van der Waals surface area contributed by atoms with Gasteiger partial charge in [-0.15, -0.1) is 0 Å². The van der Waals surface area contributed by atoms with Crippen molar-refractivity contribution in [3.8, 4) is 11.5 Å². The molecule has 0 fully saturated rings. The zero-order valence-electron chi connectivity index (χ0n) is 27.7. The van der Waals surface area contributed by atoms with Crippen molar-refractivity contribution in [2.45, 2.75) is 58.2 Å². The molecule has 0 aliphatic rings. The first-order valence-electron chi connectivity index (χ1n) is 15.8. The van der Waals surface area contributed by atoms with Crippen LogP contribution in [-0.4, -0.2) is 55.1 Å². The summed E-state index contributed by atoms with van der Waals surface area (Å²) in [5.74, 6) is 0.712. The molecule has 0 radical (unpaired) electrons. The fourth-order valence-electron chi connectivity index (χ4n) is 5.05. The molecule has 0 aliphatic carbocycles. The van der Waals surface area contributed by atoms with Crippen LogP contribution in [0.5, 0.6) is 11.5 Å². The molecule has 0 spiro atoms. The van der Waals surface area contributed by atoms with Gasteiger partial charge in [-0.1, -0.05) is 59.6 Å². The average molecular weight is 677 g/mol. The molecule has 0 aromatic heterocycles. The topological polar surface area (TPSA) is 65.1 Å². The van der Waals surface area contributed by atoms with E-state index in [1.165, 1.54) is 16.7 Å². The van der Waals surface area contributed by atoms with Crippen molar-refractivity contribution in [2.75, 3.05) is 26.7 Å². The Morgan fingerprint density at radius 2 is 1.30 bits per heavy atom. The highest BCUT2D eigenvalue weighted by Gasteiger charge is 2.19. The maximum absolute atomic E-state index is 12.7. The van der Waals surface area contributed by atoms with Gasteiger partial charge in [0.05, 0.1) is 5.56 Å². The van der Waals surface area contributed by atoms with Gasteiger partial charge in [0, 0.05) is 22.5 Å². The van der Waals surface area contributed by atoms with E-state index in [2.05, 4.69) is 36.2 Å². The first-order valence-corrected chi connectivity index (χ1v) is 16.6. The summed E-state index contributed by atoms with van der Waals surface area (Å²) in [6.45, 7) is 8.82. The normalized spacial score (nSPS) is 12.2. The van der Waals surface area contributed by atoms with Crippen molar-refractivity contribution in [1.82, 2.24) is 4.90 Å². The first kappa shape index (κ1) is 36.0. The lowest BCUT2D eigenvalue weighted by molar-refractivity contribution is -0.127. The van der Waals surface area contributed by atoms with E-state index in [0.717, 1.165) is 36.0 Å². The Morgan fingerprint density at radius 1 is 0.766 bits per heavy atom. The molecule has 0 bridgehead atoms. The molecule has 0 saturated carbocycles. The molecule has 0 heterocycles. The van der Waals surface area contributed by atoms with Gasteiger partial charge in [-0.2, -0.15) is 0 Å². The Morgan fingerprint density at radius 3 is 1.83 bits per heavy atom. The highest BCUT2D eigenvalue weighted by Crippen LogP contribution is 2.28. The predicted octanol–water partition coefficient (Wildman–Crippen LogP) is 9.06. The molecule has 8 heteroatoms. The fraction of sp³-hybridized carbons (Fsp3) is 0.333. The van der Waals surface area contributed by atoms with Crippen molar-refractivity contribution in [1.29, 1.82) is 0 Å². The summed E-state index contributed by atoms with van der Waals surface area (Å²) in [7, 11) is 2.15. The van der Waals surface area contributed by atoms with Crippen molar-refractivity contribution in [2.24, 2.45) is 0 Å². The quantitative estimate of drug-likeness (QED) is 0.117. The van der Waals surface area contributed by atoms with E-state index in [-0.39, 0.29) is 18.3 Å². The maximum atomic E-state index is 12.7. The SMILES string of the molecule is CC(Oc1ccc(CCCN(C)CC(c2ccc(Cl)cc2)c2ccc(Cl)cc2)cc1)C(=O)COc1ccc(C(=O)OC(C)(C)C)cc1. The van der Waals surface area contributed by atoms with Crippen LogP contribution in [0.1, 0.15) is 67.1 Å². The smallest absolute Gasteiger partial charge is 0.338 e. The first-order chi connectivity index (χ1) is 22.4. The fourth-order valence-corrected chi connectivity index (χ4v) is 5.30. The highest BCUT2D eigenvalue weighted by atomic mass is 35.5. The summed E-state index contributed by atoms with van der Waals surface area (Å²) >= 11 is 12.3. The minimum Gasteiger partial charge on any atom is -0.486 e. The highest BCUT2D eigenvalue weighted by molar-refractivity contribution is 6.30. The van der Waals surface area contributed by atoms with E-state index < -0.39 is 17.7 Å². The van der Waals surface area contributed by atoms with Crippen molar-refractivity contribution in [3.63, 3.8) is 0 Å². The number of halogens is 2. The maximum Gasteiger partial charge on any atom is 0.338 e. The summed E-state index contributed by atoms with van der Waals surface area (Å²) in [6.07, 6.45) is 1.24. The number of hydrogen-bond donors (Lipinski definition) is 0. The standard InChI is InChI=1S/C39H43Cl2NO5/c1-27(37(43)26-45-34-22-14-31(15-23-34)38(44)47-39(2,3)4)46-35-20-8-28(9-21-35)7-6-24-42(5)25-36(29-10-16-32(40)17-11-29)30-12-18-33(41)19-13-30/h8-23,27,36H,6-7,24-26H2,1-5H3. The van der Waals surface area contributed by atoms with E-state index in [1.54, 1.807) is 31.2 Å². The van der Waals surface area contributed by atoms with E-state index in [0.29, 0.717) is 17.1 Å². The van der Waals surface area contributed by atoms with Crippen LogP contribution in [0.15, 0.2) is 97.1 Å². The largest absolute Gasteiger partial charge is 0.486 e.